The Kier molecular flexibility index (Phi) is 7.52. The van der Waals surface area contributed by atoms with E-state index in [9.17, 15) is 19.7 Å². The van der Waals surface area contributed by atoms with Crippen molar-refractivity contribution in [2.45, 2.75) is 39.2 Å². The lowest BCUT2D eigenvalue weighted by Gasteiger charge is -2.18. The summed E-state index contributed by atoms with van der Waals surface area (Å²) in [6, 6.07) is 11.5. The van der Waals surface area contributed by atoms with Crippen LogP contribution < -0.4 is 10.2 Å². The number of ether oxygens (including phenoxy) is 1. The number of anilines is 2. The van der Waals surface area contributed by atoms with Gasteiger partial charge in [-0.25, -0.2) is 4.79 Å². The van der Waals surface area contributed by atoms with Crippen LogP contribution in [-0.2, 0) is 9.53 Å². The zero-order chi connectivity index (χ0) is 22.4. The Bertz CT molecular complexity index is 942. The smallest absolute Gasteiger partial charge is 0.339 e. The number of nitrogens with one attached hydrogen (secondary N) is 1. The predicted molar refractivity (Wildman–Crippen MR) is 116 cm³/mol. The van der Waals surface area contributed by atoms with Crippen LogP contribution in [0, 0.1) is 10.1 Å². The molecule has 0 saturated heterocycles. The van der Waals surface area contributed by atoms with Gasteiger partial charge in [-0.1, -0.05) is 32.0 Å². The first-order chi connectivity index (χ1) is 14.1. The second kappa shape index (κ2) is 9.87. The number of benzene rings is 2. The molecule has 0 aliphatic heterocycles. The van der Waals surface area contributed by atoms with Gasteiger partial charge in [-0.2, -0.15) is 0 Å². The van der Waals surface area contributed by atoms with E-state index in [4.69, 9.17) is 4.74 Å². The van der Waals surface area contributed by atoms with Gasteiger partial charge in [0.1, 0.15) is 5.69 Å². The van der Waals surface area contributed by atoms with Crippen LogP contribution in [0.25, 0.3) is 0 Å². The molecule has 0 aliphatic rings. The maximum absolute atomic E-state index is 12.6. The van der Waals surface area contributed by atoms with Crippen molar-refractivity contribution in [3.63, 3.8) is 0 Å². The summed E-state index contributed by atoms with van der Waals surface area (Å²) in [6.45, 7) is 5.59. The lowest BCUT2D eigenvalue weighted by atomic mass is 9.97. The highest BCUT2D eigenvalue weighted by molar-refractivity contribution is 5.98. The molecule has 0 heterocycles. The van der Waals surface area contributed by atoms with Gasteiger partial charge in [0, 0.05) is 25.8 Å². The summed E-state index contributed by atoms with van der Waals surface area (Å²) in [5.74, 6) is -1.02. The highest BCUT2D eigenvalue weighted by atomic mass is 16.6. The number of hydrogen-bond donors (Lipinski definition) is 1. The molecule has 0 bridgehead atoms. The standard InChI is InChI=1S/C22H27N3O5/c1-6-14(2)17-9-7-8-10-18(17)23-21(26)15(3)30-22(27)16-11-12-19(24(4)5)20(13-16)25(28)29/h7-15H,6H2,1-5H3,(H,23,26)/t14-,15-/m0/s1. The molecule has 0 spiro atoms. The highest BCUT2D eigenvalue weighted by Gasteiger charge is 2.23. The number of nitrogens with zero attached hydrogens (tertiary/aromatic N) is 2. The molecule has 2 rings (SSSR count). The minimum atomic E-state index is -1.07. The summed E-state index contributed by atoms with van der Waals surface area (Å²) in [4.78, 5) is 37.3. The lowest BCUT2D eigenvalue weighted by molar-refractivity contribution is -0.384. The van der Waals surface area contributed by atoms with Crippen LogP contribution in [0.2, 0.25) is 0 Å². The summed E-state index contributed by atoms with van der Waals surface area (Å²) < 4.78 is 5.25. The third-order valence-electron chi connectivity index (χ3n) is 4.90. The molecule has 0 aromatic heterocycles. The molecule has 30 heavy (non-hydrogen) atoms. The van der Waals surface area contributed by atoms with Crippen LogP contribution >= 0.6 is 0 Å². The van der Waals surface area contributed by atoms with E-state index in [0.717, 1.165) is 18.1 Å². The van der Waals surface area contributed by atoms with Crippen LogP contribution in [0.15, 0.2) is 42.5 Å². The third kappa shape index (κ3) is 5.34. The SMILES string of the molecule is CC[C@H](C)c1ccccc1NC(=O)[C@H](C)OC(=O)c1ccc(N(C)C)c([N+](=O)[O-])c1. The van der Waals surface area contributed by atoms with Gasteiger partial charge in [-0.3, -0.25) is 14.9 Å². The van der Waals surface area contributed by atoms with E-state index in [0.29, 0.717) is 11.4 Å². The van der Waals surface area contributed by atoms with E-state index in [1.54, 1.807) is 25.1 Å². The van der Waals surface area contributed by atoms with Crippen LogP contribution in [0.5, 0.6) is 0 Å². The van der Waals surface area contributed by atoms with Gasteiger partial charge < -0.3 is 15.0 Å². The molecule has 160 valence electrons. The summed E-state index contributed by atoms with van der Waals surface area (Å²) in [5, 5.41) is 14.1. The number of carbonyl (C=O) groups excluding carboxylic acids is 2. The van der Waals surface area contributed by atoms with Gasteiger partial charge in [0.25, 0.3) is 11.6 Å². The fourth-order valence-electron chi connectivity index (χ4n) is 2.95. The Labute approximate surface area is 176 Å². The Balaban J connectivity index is 2.14. The van der Waals surface area contributed by atoms with Crippen molar-refractivity contribution in [2.24, 2.45) is 0 Å². The molecular formula is C22H27N3O5. The van der Waals surface area contributed by atoms with E-state index < -0.39 is 22.9 Å². The first-order valence-electron chi connectivity index (χ1n) is 9.72. The summed E-state index contributed by atoms with van der Waals surface area (Å²) in [5.41, 5.74) is 1.83. The number of hydrogen-bond acceptors (Lipinski definition) is 6. The van der Waals surface area contributed by atoms with Crippen LogP contribution in [-0.4, -0.2) is 37.0 Å². The normalized spacial score (nSPS) is 12.6. The number of amides is 1. The Morgan fingerprint density at radius 3 is 2.43 bits per heavy atom. The van der Waals surface area contributed by atoms with Gasteiger partial charge in [0.05, 0.1) is 10.5 Å². The topological polar surface area (TPSA) is 102 Å². The van der Waals surface area contributed by atoms with Crippen molar-refractivity contribution < 1.29 is 19.2 Å². The van der Waals surface area contributed by atoms with Crippen molar-refractivity contribution in [1.82, 2.24) is 0 Å². The van der Waals surface area contributed by atoms with Gasteiger partial charge in [0.15, 0.2) is 6.10 Å². The molecule has 2 aromatic carbocycles. The first-order valence-corrected chi connectivity index (χ1v) is 9.72. The molecule has 0 aliphatic carbocycles. The maximum Gasteiger partial charge on any atom is 0.339 e. The molecule has 1 amide bonds. The molecule has 0 unspecified atom stereocenters. The van der Waals surface area contributed by atoms with E-state index in [-0.39, 0.29) is 17.2 Å². The molecule has 2 atom stereocenters. The number of carbonyl (C=O) groups is 2. The molecular weight excluding hydrogens is 386 g/mol. The number of esters is 1. The summed E-state index contributed by atoms with van der Waals surface area (Å²) >= 11 is 0. The second-order valence-electron chi connectivity index (χ2n) is 7.29. The minimum absolute atomic E-state index is 0.00644. The average molecular weight is 413 g/mol. The van der Waals surface area contributed by atoms with Crippen LogP contribution in [0.4, 0.5) is 17.1 Å². The number of rotatable bonds is 8. The Morgan fingerprint density at radius 1 is 1.17 bits per heavy atom. The van der Waals surface area contributed by atoms with E-state index in [1.165, 1.54) is 19.1 Å². The quantitative estimate of drug-likeness (QED) is 0.392. The highest BCUT2D eigenvalue weighted by Crippen LogP contribution is 2.29. The number of para-hydroxylation sites is 1. The third-order valence-corrected chi connectivity index (χ3v) is 4.90. The monoisotopic (exact) mass is 413 g/mol. The predicted octanol–water partition coefficient (Wildman–Crippen LogP) is 4.36. The van der Waals surface area contributed by atoms with Crippen molar-refractivity contribution >= 4 is 28.9 Å². The Hall–Kier alpha value is -3.42. The number of nitro groups is 1. The molecule has 0 radical (unpaired) electrons. The van der Waals surface area contributed by atoms with Gasteiger partial charge >= 0.3 is 5.97 Å². The number of nitro benzene ring substituents is 1. The molecule has 1 N–H and O–H groups in total. The largest absolute Gasteiger partial charge is 0.449 e. The molecule has 0 saturated carbocycles. The van der Waals surface area contributed by atoms with Crippen molar-refractivity contribution in [3.8, 4) is 0 Å². The fraction of sp³-hybridized carbons (Fsp3) is 0.364. The summed E-state index contributed by atoms with van der Waals surface area (Å²) in [6.07, 6.45) is -0.158. The molecule has 8 heteroatoms. The van der Waals surface area contributed by atoms with E-state index in [2.05, 4.69) is 19.2 Å². The minimum Gasteiger partial charge on any atom is -0.449 e. The Morgan fingerprint density at radius 2 is 1.83 bits per heavy atom. The first kappa shape index (κ1) is 22.9. The molecule has 2 aromatic rings. The van der Waals surface area contributed by atoms with E-state index >= 15 is 0 Å². The fourth-order valence-corrected chi connectivity index (χ4v) is 2.95. The van der Waals surface area contributed by atoms with Crippen molar-refractivity contribution in [3.05, 3.63) is 63.7 Å². The van der Waals surface area contributed by atoms with Crippen molar-refractivity contribution in [2.75, 3.05) is 24.3 Å². The zero-order valence-corrected chi connectivity index (χ0v) is 17.8. The van der Waals surface area contributed by atoms with E-state index in [1.807, 2.05) is 18.2 Å². The lowest BCUT2D eigenvalue weighted by Crippen LogP contribution is -2.30. The van der Waals surface area contributed by atoms with Gasteiger partial charge in [-0.15, -0.1) is 0 Å². The zero-order valence-electron chi connectivity index (χ0n) is 17.8. The van der Waals surface area contributed by atoms with Crippen LogP contribution in [0.1, 0.15) is 49.0 Å². The average Bonchev–Trinajstić information content (AvgIpc) is 2.72. The molecule has 0 fully saturated rings. The van der Waals surface area contributed by atoms with Gasteiger partial charge in [0.2, 0.25) is 0 Å². The van der Waals surface area contributed by atoms with Crippen LogP contribution in [0.3, 0.4) is 0 Å². The van der Waals surface area contributed by atoms with Gasteiger partial charge in [-0.05, 0) is 43.0 Å². The second-order valence-corrected chi connectivity index (χ2v) is 7.29. The summed E-state index contributed by atoms with van der Waals surface area (Å²) in [7, 11) is 3.34. The van der Waals surface area contributed by atoms with Crippen molar-refractivity contribution in [1.29, 1.82) is 0 Å². The maximum atomic E-state index is 12.6. The molecule has 8 nitrogen and oxygen atoms in total.